The van der Waals surface area contributed by atoms with E-state index in [2.05, 4.69) is 10.3 Å². The molecule has 0 fully saturated rings. The van der Waals surface area contributed by atoms with E-state index in [1.165, 1.54) is 5.06 Å². The number of nitrogens with two attached hydrogens (primary N) is 1. The van der Waals surface area contributed by atoms with Gasteiger partial charge in [-0.05, 0) is 55.3 Å². The van der Waals surface area contributed by atoms with Crippen LogP contribution in [0.15, 0.2) is 42.6 Å². The Bertz CT molecular complexity index is 1210. The molecule has 1 aromatic heterocycles. The van der Waals surface area contributed by atoms with Crippen LogP contribution in [0.3, 0.4) is 0 Å². The van der Waals surface area contributed by atoms with E-state index in [9.17, 15) is 9.59 Å². The monoisotopic (exact) mass is 499 g/mol. The highest BCUT2D eigenvalue weighted by Gasteiger charge is 2.21. The summed E-state index contributed by atoms with van der Waals surface area (Å²) in [5.74, 6) is 0.227. The first kappa shape index (κ1) is 26.2. The Kier molecular flexibility index (Phi) is 8.86. The summed E-state index contributed by atoms with van der Waals surface area (Å²) < 4.78 is 6.87. The van der Waals surface area contributed by atoms with Gasteiger partial charge >= 0.3 is 0 Å². The first-order valence-electron chi connectivity index (χ1n) is 11.3. The zero-order chi connectivity index (χ0) is 25.5. The summed E-state index contributed by atoms with van der Waals surface area (Å²) in [6.07, 6.45) is 2.20. The van der Waals surface area contributed by atoms with Gasteiger partial charge in [0.2, 0.25) is 0 Å². The average molecular weight is 500 g/mol. The fraction of sp³-hybridized carbons (Fsp3) is 0.320. The molecule has 3 rings (SSSR count). The topological polar surface area (TPSA) is 112 Å². The number of amides is 2. The number of hydroxylamine groups is 2. The zero-order valence-electron chi connectivity index (χ0n) is 20.3. The maximum Gasteiger partial charge on any atom is 0.291 e. The summed E-state index contributed by atoms with van der Waals surface area (Å²) in [7, 11) is 3.32. The lowest BCUT2D eigenvalue weighted by atomic mass is 10.0. The number of nitrogens with zero attached hydrogens (tertiary/aromatic N) is 3. The molecule has 0 saturated carbocycles. The first-order valence-corrected chi connectivity index (χ1v) is 11.7. The van der Waals surface area contributed by atoms with Gasteiger partial charge < -0.3 is 20.4 Å². The van der Waals surface area contributed by atoms with Crippen LogP contribution in [-0.2, 0) is 18.3 Å². The Morgan fingerprint density at radius 1 is 1.20 bits per heavy atom. The first-order chi connectivity index (χ1) is 16.8. The molecule has 35 heavy (non-hydrogen) atoms. The van der Waals surface area contributed by atoms with E-state index in [0.717, 1.165) is 11.1 Å². The van der Waals surface area contributed by atoms with Crippen molar-refractivity contribution >= 4 is 29.1 Å². The molecule has 0 unspecified atom stereocenters. The maximum absolute atomic E-state index is 13.0. The fourth-order valence-corrected chi connectivity index (χ4v) is 3.92. The average Bonchev–Trinajstić information content (AvgIpc) is 3.25. The van der Waals surface area contributed by atoms with Crippen molar-refractivity contribution in [3.63, 3.8) is 0 Å². The molecule has 186 valence electrons. The predicted molar refractivity (Wildman–Crippen MR) is 136 cm³/mol. The van der Waals surface area contributed by atoms with Crippen LogP contribution in [0.2, 0.25) is 5.02 Å². The minimum Gasteiger partial charge on any atom is -0.497 e. The van der Waals surface area contributed by atoms with Gasteiger partial charge in [0.05, 0.1) is 30.6 Å². The number of carbonyl (C=O) groups is 2. The highest BCUT2D eigenvalue weighted by molar-refractivity contribution is 6.33. The summed E-state index contributed by atoms with van der Waals surface area (Å²) in [6, 6.07) is 10.5. The lowest BCUT2D eigenvalue weighted by molar-refractivity contribution is -0.117. The Hall–Kier alpha value is -3.40. The molecule has 0 atom stereocenters. The number of hydrogen-bond donors (Lipinski definition) is 2. The summed E-state index contributed by atoms with van der Waals surface area (Å²) in [4.78, 5) is 35.6. The van der Waals surface area contributed by atoms with Gasteiger partial charge in [-0.2, -0.15) is 0 Å². The molecule has 2 amide bonds. The van der Waals surface area contributed by atoms with Gasteiger partial charge in [-0.15, -0.1) is 0 Å². The van der Waals surface area contributed by atoms with Crippen molar-refractivity contribution in [2.45, 2.75) is 20.3 Å². The molecule has 3 aromatic rings. The van der Waals surface area contributed by atoms with E-state index in [1.54, 1.807) is 55.3 Å². The third-order valence-electron chi connectivity index (χ3n) is 5.50. The summed E-state index contributed by atoms with van der Waals surface area (Å²) >= 11 is 6.40. The van der Waals surface area contributed by atoms with E-state index in [1.807, 2.05) is 19.9 Å². The molecule has 0 aliphatic heterocycles. The van der Waals surface area contributed by atoms with Gasteiger partial charge in [0.25, 0.3) is 11.8 Å². The molecule has 9 nitrogen and oxygen atoms in total. The highest BCUT2D eigenvalue weighted by Crippen LogP contribution is 2.31. The molecular weight excluding hydrogens is 470 g/mol. The van der Waals surface area contributed by atoms with Gasteiger partial charge in [-0.25, -0.2) is 10.0 Å². The predicted octanol–water partition coefficient (Wildman–Crippen LogP) is 3.92. The van der Waals surface area contributed by atoms with Crippen LogP contribution in [0.1, 0.15) is 40.4 Å². The molecule has 3 N–H and O–H groups in total. The van der Waals surface area contributed by atoms with Crippen LogP contribution in [0, 0.1) is 0 Å². The number of hydrogen-bond acceptors (Lipinski definition) is 6. The van der Waals surface area contributed by atoms with Crippen LogP contribution in [0.5, 0.6) is 5.75 Å². The van der Waals surface area contributed by atoms with E-state index in [4.69, 9.17) is 26.9 Å². The minimum absolute atomic E-state index is 0.220. The van der Waals surface area contributed by atoms with Crippen LogP contribution >= 0.6 is 11.6 Å². The number of halogens is 1. The number of aryl methyl sites for hydroxylation is 1. The second-order valence-electron chi connectivity index (χ2n) is 7.67. The quantitative estimate of drug-likeness (QED) is 0.409. The van der Waals surface area contributed by atoms with E-state index in [0.29, 0.717) is 47.2 Å². The number of anilines is 1. The molecule has 0 aliphatic rings. The molecule has 0 radical (unpaired) electrons. The summed E-state index contributed by atoms with van der Waals surface area (Å²) in [6.45, 7) is 4.73. The third-order valence-corrected chi connectivity index (χ3v) is 5.81. The van der Waals surface area contributed by atoms with Crippen molar-refractivity contribution in [1.29, 1.82) is 0 Å². The Balaban J connectivity index is 1.81. The number of aromatic nitrogens is 2. The van der Waals surface area contributed by atoms with E-state index < -0.39 is 0 Å². The number of rotatable bonds is 10. The largest absolute Gasteiger partial charge is 0.497 e. The number of methoxy groups -OCH3 is 1. The number of imidazole rings is 1. The molecule has 1 heterocycles. The molecule has 2 aromatic carbocycles. The van der Waals surface area contributed by atoms with Crippen molar-refractivity contribution in [3.8, 4) is 17.0 Å². The second kappa shape index (κ2) is 11.8. The van der Waals surface area contributed by atoms with Gasteiger partial charge in [-0.3, -0.25) is 14.4 Å². The van der Waals surface area contributed by atoms with E-state index >= 15 is 0 Å². The van der Waals surface area contributed by atoms with Gasteiger partial charge in [0, 0.05) is 37.0 Å². The smallest absolute Gasteiger partial charge is 0.291 e. The molecule has 0 aliphatic carbocycles. The number of benzene rings is 2. The maximum atomic E-state index is 13.0. The van der Waals surface area contributed by atoms with Crippen molar-refractivity contribution in [3.05, 3.63) is 64.6 Å². The van der Waals surface area contributed by atoms with Crippen LogP contribution in [-0.4, -0.2) is 53.2 Å². The molecule has 0 spiro atoms. The Morgan fingerprint density at radius 2 is 1.97 bits per heavy atom. The van der Waals surface area contributed by atoms with Crippen LogP contribution in [0.4, 0.5) is 5.69 Å². The summed E-state index contributed by atoms with van der Waals surface area (Å²) in [5.41, 5.74) is 8.76. The Labute approximate surface area is 209 Å². The zero-order valence-corrected chi connectivity index (χ0v) is 21.1. The lowest BCUT2D eigenvalue weighted by Crippen LogP contribution is -2.33. The van der Waals surface area contributed by atoms with Crippen LogP contribution < -0.4 is 15.8 Å². The fourth-order valence-electron chi connectivity index (χ4n) is 3.65. The second-order valence-corrected chi connectivity index (χ2v) is 8.08. The van der Waals surface area contributed by atoms with Crippen molar-refractivity contribution < 1.29 is 19.2 Å². The van der Waals surface area contributed by atoms with Gasteiger partial charge in [0.15, 0.2) is 5.82 Å². The van der Waals surface area contributed by atoms with Crippen LogP contribution in [0.25, 0.3) is 11.3 Å². The minimum atomic E-state index is -0.383. The summed E-state index contributed by atoms with van der Waals surface area (Å²) in [5, 5.41) is 4.65. The molecular formula is C25H30ClN5O4. The number of nitrogens with one attached hydrogen (secondary N) is 1. The van der Waals surface area contributed by atoms with E-state index in [-0.39, 0.29) is 24.2 Å². The van der Waals surface area contributed by atoms with Gasteiger partial charge in [0.1, 0.15) is 5.75 Å². The lowest BCUT2D eigenvalue weighted by Gasteiger charge is -2.21. The standard InChI is InChI=1S/C25H30ClN5O4/c1-5-16-13-17(7-9-19(16)25(33)31(6-2)35-12-11-27)29-24(32)23-28-15-22(30(23)3)20-10-8-18(34-4)14-21(20)26/h7-10,13-15H,5-6,11-12,27H2,1-4H3,(H,29,32). The van der Waals surface area contributed by atoms with Crippen molar-refractivity contribution in [1.82, 2.24) is 14.6 Å². The molecule has 0 bridgehead atoms. The SMILES string of the molecule is CCc1cc(NC(=O)c2ncc(-c3ccc(OC)cc3Cl)n2C)ccc1C(=O)N(CC)OCCN. The molecule has 0 saturated heterocycles. The number of carbonyl (C=O) groups excluding carboxylic acids is 2. The third kappa shape index (κ3) is 5.82. The van der Waals surface area contributed by atoms with Gasteiger partial charge in [-0.1, -0.05) is 18.5 Å². The number of ether oxygens (including phenoxy) is 1. The van der Waals surface area contributed by atoms with Crippen molar-refractivity contribution in [2.75, 3.05) is 32.1 Å². The Morgan fingerprint density at radius 3 is 2.60 bits per heavy atom. The molecule has 10 heteroatoms. The van der Waals surface area contributed by atoms with Crippen molar-refractivity contribution in [2.24, 2.45) is 12.8 Å². The normalized spacial score (nSPS) is 10.8. The highest BCUT2D eigenvalue weighted by atomic mass is 35.5.